The molecule has 0 spiro atoms. The van der Waals surface area contributed by atoms with Gasteiger partial charge in [0.25, 0.3) is 5.24 Å². The molecule has 0 saturated carbocycles. The standard InChI is InChI=1S/C7H6ClF2NO/c8-7(12)5-3(9)1-2-4(11)6(5)10/h1,4H,2,11H2. The van der Waals surface area contributed by atoms with Gasteiger partial charge >= 0.3 is 0 Å². The summed E-state index contributed by atoms with van der Waals surface area (Å²) >= 11 is 4.94. The van der Waals surface area contributed by atoms with Crippen LogP contribution in [0, 0.1) is 0 Å². The first-order chi connectivity index (χ1) is 5.54. The molecule has 0 amide bonds. The number of hydrogen-bond acceptors (Lipinski definition) is 2. The number of hydrogen-bond donors (Lipinski definition) is 1. The van der Waals surface area contributed by atoms with Crippen LogP contribution in [0.1, 0.15) is 6.42 Å². The van der Waals surface area contributed by atoms with Crippen molar-refractivity contribution in [2.24, 2.45) is 5.73 Å². The van der Waals surface area contributed by atoms with Crippen molar-refractivity contribution in [2.75, 3.05) is 0 Å². The van der Waals surface area contributed by atoms with E-state index in [2.05, 4.69) is 0 Å². The largest absolute Gasteiger partial charge is 0.322 e. The molecule has 0 aromatic carbocycles. The number of nitrogens with two attached hydrogens (primary N) is 1. The molecule has 0 aromatic rings. The maximum atomic E-state index is 12.9. The molecule has 0 saturated heterocycles. The SMILES string of the molecule is NC1CC=C(F)C(C(=O)Cl)=C1F. The molecule has 2 N–H and O–H groups in total. The molecule has 0 bridgehead atoms. The number of carbonyl (C=O) groups is 1. The number of allylic oxidation sites excluding steroid dienone is 2. The summed E-state index contributed by atoms with van der Waals surface area (Å²) in [6, 6.07) is -0.956. The van der Waals surface area contributed by atoms with Crippen molar-refractivity contribution in [2.45, 2.75) is 12.5 Å². The van der Waals surface area contributed by atoms with Crippen LogP contribution in [0.4, 0.5) is 8.78 Å². The second-order valence-electron chi connectivity index (χ2n) is 2.39. The first-order valence-electron chi connectivity index (χ1n) is 3.25. The van der Waals surface area contributed by atoms with E-state index in [0.29, 0.717) is 0 Å². The average Bonchev–Trinajstić information content (AvgIpc) is 1.97. The Bertz CT molecular complexity index is 285. The van der Waals surface area contributed by atoms with Crippen LogP contribution in [-0.4, -0.2) is 11.3 Å². The van der Waals surface area contributed by atoms with Gasteiger partial charge in [-0.3, -0.25) is 4.79 Å². The van der Waals surface area contributed by atoms with Gasteiger partial charge in [-0.2, -0.15) is 0 Å². The van der Waals surface area contributed by atoms with Crippen LogP contribution >= 0.6 is 11.6 Å². The average molecular weight is 194 g/mol. The van der Waals surface area contributed by atoms with Gasteiger partial charge in [-0.25, -0.2) is 8.78 Å². The van der Waals surface area contributed by atoms with Gasteiger partial charge in [-0.1, -0.05) is 0 Å². The molecule has 0 aliphatic heterocycles. The lowest BCUT2D eigenvalue weighted by Gasteiger charge is -2.14. The number of halogens is 3. The highest BCUT2D eigenvalue weighted by atomic mass is 35.5. The van der Waals surface area contributed by atoms with Gasteiger partial charge < -0.3 is 5.73 Å². The predicted molar refractivity (Wildman–Crippen MR) is 40.8 cm³/mol. The van der Waals surface area contributed by atoms with Gasteiger partial charge in [0.05, 0.1) is 6.04 Å². The lowest BCUT2D eigenvalue weighted by atomic mass is 10.0. The third-order valence-electron chi connectivity index (χ3n) is 1.55. The second-order valence-corrected chi connectivity index (χ2v) is 2.73. The zero-order valence-corrected chi connectivity index (χ0v) is 6.74. The summed E-state index contributed by atoms with van der Waals surface area (Å²) in [5.74, 6) is -1.91. The Hall–Kier alpha value is -0.740. The van der Waals surface area contributed by atoms with E-state index in [4.69, 9.17) is 17.3 Å². The molecule has 2 nitrogen and oxygen atoms in total. The fourth-order valence-corrected chi connectivity index (χ4v) is 1.10. The van der Waals surface area contributed by atoms with Crippen LogP contribution in [-0.2, 0) is 4.79 Å². The highest BCUT2D eigenvalue weighted by Gasteiger charge is 2.26. The highest BCUT2D eigenvalue weighted by Crippen LogP contribution is 2.27. The van der Waals surface area contributed by atoms with Gasteiger partial charge in [-0.15, -0.1) is 0 Å². The van der Waals surface area contributed by atoms with Crippen molar-refractivity contribution in [3.05, 3.63) is 23.3 Å². The fraction of sp³-hybridized carbons (Fsp3) is 0.286. The third-order valence-corrected chi connectivity index (χ3v) is 1.74. The minimum Gasteiger partial charge on any atom is -0.322 e. The molecule has 0 radical (unpaired) electrons. The van der Waals surface area contributed by atoms with Crippen molar-refractivity contribution < 1.29 is 13.6 Å². The highest BCUT2D eigenvalue weighted by molar-refractivity contribution is 6.68. The monoisotopic (exact) mass is 193 g/mol. The van der Waals surface area contributed by atoms with Gasteiger partial charge in [0.15, 0.2) is 0 Å². The maximum Gasteiger partial charge on any atom is 0.258 e. The van der Waals surface area contributed by atoms with Gasteiger partial charge in [0.1, 0.15) is 17.2 Å². The van der Waals surface area contributed by atoms with E-state index in [1.165, 1.54) is 0 Å². The summed E-state index contributed by atoms with van der Waals surface area (Å²) in [4.78, 5) is 10.5. The number of carbonyl (C=O) groups excluding carboxylic acids is 1. The van der Waals surface area contributed by atoms with E-state index in [0.717, 1.165) is 6.08 Å². The summed E-state index contributed by atoms with van der Waals surface area (Å²) in [7, 11) is 0. The Morgan fingerprint density at radius 1 is 1.67 bits per heavy atom. The van der Waals surface area contributed by atoms with Crippen molar-refractivity contribution in [3.63, 3.8) is 0 Å². The summed E-state index contributed by atoms with van der Waals surface area (Å²) in [6.45, 7) is 0. The van der Waals surface area contributed by atoms with Gasteiger partial charge in [0.2, 0.25) is 0 Å². The van der Waals surface area contributed by atoms with Crippen molar-refractivity contribution in [1.29, 1.82) is 0 Å². The predicted octanol–water partition coefficient (Wildman–Crippen LogP) is 1.56. The summed E-state index contributed by atoms with van der Waals surface area (Å²) < 4.78 is 25.6. The second kappa shape index (κ2) is 3.33. The summed E-state index contributed by atoms with van der Waals surface area (Å²) in [5, 5.41) is -1.16. The Balaban J connectivity index is 3.12. The smallest absolute Gasteiger partial charge is 0.258 e. The first kappa shape index (κ1) is 9.35. The van der Waals surface area contributed by atoms with E-state index in [1.54, 1.807) is 0 Å². The van der Waals surface area contributed by atoms with Gasteiger partial charge in [-0.05, 0) is 24.1 Å². The minimum absolute atomic E-state index is 0.0470. The van der Waals surface area contributed by atoms with E-state index in [-0.39, 0.29) is 6.42 Å². The number of rotatable bonds is 1. The first-order valence-corrected chi connectivity index (χ1v) is 3.63. The van der Waals surface area contributed by atoms with Crippen molar-refractivity contribution >= 4 is 16.8 Å². The summed E-state index contributed by atoms with van der Waals surface area (Å²) in [5.41, 5.74) is 4.47. The van der Waals surface area contributed by atoms with Crippen LogP contribution in [0.3, 0.4) is 0 Å². The van der Waals surface area contributed by atoms with E-state index >= 15 is 0 Å². The minimum atomic E-state index is -1.16. The molecule has 5 heteroatoms. The van der Waals surface area contributed by atoms with E-state index in [1.807, 2.05) is 0 Å². The lowest BCUT2D eigenvalue weighted by molar-refractivity contribution is -0.108. The topological polar surface area (TPSA) is 43.1 Å². The molecule has 1 rings (SSSR count). The molecule has 0 aromatic heterocycles. The zero-order valence-electron chi connectivity index (χ0n) is 5.98. The molecule has 1 unspecified atom stereocenters. The quantitative estimate of drug-likeness (QED) is 0.643. The third kappa shape index (κ3) is 1.54. The van der Waals surface area contributed by atoms with E-state index in [9.17, 15) is 13.6 Å². The van der Waals surface area contributed by atoms with Crippen LogP contribution in [0.5, 0.6) is 0 Å². The van der Waals surface area contributed by atoms with Crippen LogP contribution in [0.15, 0.2) is 23.3 Å². The van der Waals surface area contributed by atoms with Crippen molar-refractivity contribution in [1.82, 2.24) is 0 Å². The molecular formula is C7H6ClF2NO. The zero-order chi connectivity index (χ0) is 9.30. The maximum absolute atomic E-state index is 12.9. The Morgan fingerprint density at radius 2 is 2.25 bits per heavy atom. The molecule has 66 valence electrons. The molecule has 1 atom stereocenters. The Kier molecular flexibility index (Phi) is 2.59. The molecule has 0 heterocycles. The molecule has 1 aliphatic rings. The van der Waals surface area contributed by atoms with Crippen LogP contribution < -0.4 is 5.73 Å². The van der Waals surface area contributed by atoms with Crippen LogP contribution in [0.2, 0.25) is 0 Å². The molecular weight excluding hydrogens is 188 g/mol. The summed E-state index contributed by atoms with van der Waals surface area (Å²) in [6.07, 6.45) is 1.09. The van der Waals surface area contributed by atoms with E-state index < -0.39 is 28.5 Å². The van der Waals surface area contributed by atoms with Gasteiger partial charge in [0, 0.05) is 0 Å². The fourth-order valence-electron chi connectivity index (χ4n) is 0.923. The molecule has 1 aliphatic carbocycles. The Labute approximate surface area is 72.7 Å². The lowest BCUT2D eigenvalue weighted by Crippen LogP contribution is -2.25. The Morgan fingerprint density at radius 3 is 2.67 bits per heavy atom. The molecule has 0 fully saturated rings. The van der Waals surface area contributed by atoms with Crippen LogP contribution in [0.25, 0.3) is 0 Å². The normalized spacial score (nSPS) is 24.0. The van der Waals surface area contributed by atoms with Crippen molar-refractivity contribution in [3.8, 4) is 0 Å². The molecule has 12 heavy (non-hydrogen) atoms.